The number of hydrogen-bond acceptors (Lipinski definition) is 6. The molecule has 2 atom stereocenters. The van der Waals surface area contributed by atoms with Gasteiger partial charge in [0, 0.05) is 55.7 Å². The van der Waals surface area contributed by atoms with Crippen molar-refractivity contribution in [3.05, 3.63) is 30.0 Å². The zero-order valence-electron chi connectivity index (χ0n) is 21.9. The average molecular weight is 528 g/mol. The fourth-order valence-corrected chi connectivity index (χ4v) is 5.04. The number of ketones is 1. The third kappa shape index (κ3) is 7.94. The van der Waals surface area contributed by atoms with Crippen molar-refractivity contribution in [2.24, 2.45) is 11.8 Å². The molecule has 0 bridgehead atoms. The van der Waals surface area contributed by atoms with Gasteiger partial charge < -0.3 is 15.4 Å². The van der Waals surface area contributed by atoms with E-state index < -0.39 is 0 Å². The van der Waals surface area contributed by atoms with Crippen molar-refractivity contribution in [2.75, 3.05) is 38.6 Å². The maximum Gasteiger partial charge on any atom is 0.139 e. The maximum atomic E-state index is 13.1. The van der Waals surface area contributed by atoms with Crippen LogP contribution >= 0.6 is 24.8 Å². The Morgan fingerprint density at radius 1 is 1.09 bits per heavy atom. The van der Waals surface area contributed by atoms with E-state index in [-0.39, 0.29) is 42.8 Å². The standard InChI is InChI=1S/C27H42N4O2.2ClH/c1-6-20(7-2)27(32)21(8-3)9-10-25(31-15-13-28-14-16-31)30-24-18-22(33-5)17-23-19(4)11-12-29-26(23)24;;/h11-12,17-18,20-21,25,28,30H,6-10,13-16H2,1-5H3;2*1H. The molecule has 1 aromatic heterocycles. The van der Waals surface area contributed by atoms with Crippen molar-refractivity contribution >= 4 is 47.2 Å². The molecule has 0 radical (unpaired) electrons. The minimum Gasteiger partial charge on any atom is -0.497 e. The van der Waals surface area contributed by atoms with Crippen LogP contribution in [0.3, 0.4) is 0 Å². The zero-order chi connectivity index (χ0) is 23.8. The molecule has 2 N–H and O–H groups in total. The maximum absolute atomic E-state index is 13.1. The minimum atomic E-state index is 0. The van der Waals surface area contributed by atoms with E-state index in [1.807, 2.05) is 12.3 Å². The Hall–Kier alpha value is -1.60. The number of ether oxygens (including phenoxy) is 1. The minimum absolute atomic E-state index is 0. The molecule has 2 heterocycles. The van der Waals surface area contributed by atoms with Crippen molar-refractivity contribution in [1.82, 2.24) is 15.2 Å². The zero-order valence-corrected chi connectivity index (χ0v) is 23.6. The van der Waals surface area contributed by atoms with Gasteiger partial charge in [-0.25, -0.2) is 0 Å². The summed E-state index contributed by atoms with van der Waals surface area (Å²) in [5.74, 6) is 1.60. The number of anilines is 1. The Balaban J connectivity index is 0.00000306. The number of aromatic nitrogens is 1. The highest BCUT2D eigenvalue weighted by Crippen LogP contribution is 2.31. The molecule has 35 heavy (non-hydrogen) atoms. The molecule has 2 aromatic rings. The number of carbonyl (C=O) groups excluding carboxylic acids is 1. The van der Waals surface area contributed by atoms with E-state index in [4.69, 9.17) is 9.72 Å². The van der Waals surface area contributed by atoms with Crippen molar-refractivity contribution < 1.29 is 9.53 Å². The molecule has 0 saturated carbocycles. The molecular formula is C27H44Cl2N4O2. The number of nitrogens with zero attached hydrogens (tertiary/aromatic N) is 2. The summed E-state index contributed by atoms with van der Waals surface area (Å²) in [4.78, 5) is 20.3. The van der Waals surface area contributed by atoms with Crippen molar-refractivity contribution in [3.8, 4) is 5.75 Å². The number of piperazine rings is 1. The van der Waals surface area contributed by atoms with Gasteiger partial charge in [0.2, 0.25) is 0 Å². The quantitative estimate of drug-likeness (QED) is 0.361. The van der Waals surface area contributed by atoms with E-state index in [9.17, 15) is 4.79 Å². The second-order valence-corrected chi connectivity index (χ2v) is 9.24. The van der Waals surface area contributed by atoms with E-state index in [0.29, 0.717) is 5.78 Å². The lowest BCUT2D eigenvalue weighted by atomic mass is 9.84. The van der Waals surface area contributed by atoms with Gasteiger partial charge in [0.15, 0.2) is 0 Å². The summed E-state index contributed by atoms with van der Waals surface area (Å²) >= 11 is 0. The summed E-state index contributed by atoms with van der Waals surface area (Å²) in [6.07, 6.45) is 6.63. The van der Waals surface area contributed by atoms with Crippen molar-refractivity contribution in [3.63, 3.8) is 0 Å². The molecule has 8 heteroatoms. The summed E-state index contributed by atoms with van der Waals surface area (Å²) in [5.41, 5.74) is 3.15. The molecular weight excluding hydrogens is 483 g/mol. The van der Waals surface area contributed by atoms with Gasteiger partial charge in [-0.3, -0.25) is 14.7 Å². The lowest BCUT2D eigenvalue weighted by molar-refractivity contribution is -0.127. The Morgan fingerprint density at radius 3 is 2.34 bits per heavy atom. The Kier molecular flexibility index (Phi) is 13.9. The number of rotatable bonds is 12. The molecule has 3 rings (SSSR count). The molecule has 1 aliphatic heterocycles. The molecule has 198 valence electrons. The van der Waals surface area contributed by atoms with Gasteiger partial charge in [0.25, 0.3) is 0 Å². The summed E-state index contributed by atoms with van der Waals surface area (Å²) in [7, 11) is 1.71. The number of aryl methyl sites for hydroxylation is 1. The number of methoxy groups -OCH3 is 1. The van der Waals surface area contributed by atoms with Crippen LogP contribution in [0.4, 0.5) is 5.69 Å². The van der Waals surface area contributed by atoms with Crippen LogP contribution in [-0.2, 0) is 4.79 Å². The van der Waals surface area contributed by atoms with Crippen LogP contribution in [0.1, 0.15) is 58.4 Å². The Bertz CT molecular complexity index is 917. The first-order chi connectivity index (χ1) is 16.0. The normalized spacial score (nSPS) is 15.7. The number of nitrogens with one attached hydrogen (secondary N) is 2. The predicted octanol–water partition coefficient (Wildman–Crippen LogP) is 5.85. The largest absolute Gasteiger partial charge is 0.497 e. The van der Waals surface area contributed by atoms with Crippen LogP contribution in [-0.4, -0.2) is 55.1 Å². The predicted molar refractivity (Wildman–Crippen MR) is 151 cm³/mol. The van der Waals surface area contributed by atoms with Crippen LogP contribution in [0.2, 0.25) is 0 Å². The fourth-order valence-electron chi connectivity index (χ4n) is 5.04. The van der Waals surface area contributed by atoms with Gasteiger partial charge in [0.05, 0.1) is 24.5 Å². The fraction of sp³-hybridized carbons (Fsp3) is 0.630. The second kappa shape index (κ2) is 15.5. The monoisotopic (exact) mass is 526 g/mol. The van der Waals surface area contributed by atoms with Gasteiger partial charge in [-0.05, 0) is 56.7 Å². The molecule has 1 saturated heterocycles. The summed E-state index contributed by atoms with van der Waals surface area (Å²) < 4.78 is 5.61. The van der Waals surface area contributed by atoms with Crippen LogP contribution in [0.25, 0.3) is 10.9 Å². The highest BCUT2D eigenvalue weighted by molar-refractivity contribution is 5.94. The Labute approximate surface area is 223 Å². The van der Waals surface area contributed by atoms with E-state index in [2.05, 4.69) is 55.4 Å². The number of fused-ring (bicyclic) bond motifs is 1. The van der Waals surface area contributed by atoms with Crippen LogP contribution < -0.4 is 15.4 Å². The van der Waals surface area contributed by atoms with Crippen LogP contribution in [0.5, 0.6) is 5.75 Å². The first-order valence-corrected chi connectivity index (χ1v) is 12.7. The van der Waals surface area contributed by atoms with Gasteiger partial charge in [-0.15, -0.1) is 24.8 Å². The lowest BCUT2D eigenvalue weighted by Gasteiger charge is -2.37. The van der Waals surface area contributed by atoms with Crippen LogP contribution in [0, 0.1) is 18.8 Å². The molecule has 1 aromatic carbocycles. The Morgan fingerprint density at radius 2 is 1.74 bits per heavy atom. The van der Waals surface area contributed by atoms with Crippen LogP contribution in [0.15, 0.2) is 24.4 Å². The van der Waals surface area contributed by atoms with E-state index in [0.717, 1.165) is 80.6 Å². The number of carbonyl (C=O) groups is 1. The third-order valence-corrected chi connectivity index (χ3v) is 7.26. The van der Waals surface area contributed by atoms with E-state index in [1.165, 1.54) is 5.56 Å². The number of Topliss-reactive ketones (excluding diaryl/α,β-unsaturated/α-hetero) is 1. The van der Waals surface area contributed by atoms with Gasteiger partial charge in [0.1, 0.15) is 11.5 Å². The van der Waals surface area contributed by atoms with E-state index in [1.54, 1.807) is 7.11 Å². The van der Waals surface area contributed by atoms with Crippen molar-refractivity contribution in [1.29, 1.82) is 0 Å². The van der Waals surface area contributed by atoms with Gasteiger partial charge >= 0.3 is 0 Å². The van der Waals surface area contributed by atoms with Gasteiger partial charge in [-0.2, -0.15) is 0 Å². The highest BCUT2D eigenvalue weighted by atomic mass is 35.5. The molecule has 1 fully saturated rings. The number of halogens is 2. The summed E-state index contributed by atoms with van der Waals surface area (Å²) in [5, 5.41) is 8.38. The smallest absolute Gasteiger partial charge is 0.139 e. The molecule has 2 unspecified atom stereocenters. The average Bonchev–Trinajstić information content (AvgIpc) is 2.85. The van der Waals surface area contributed by atoms with E-state index >= 15 is 0 Å². The first-order valence-electron chi connectivity index (χ1n) is 12.7. The number of benzene rings is 1. The topological polar surface area (TPSA) is 66.5 Å². The molecule has 1 aliphatic rings. The lowest BCUT2D eigenvalue weighted by Crippen LogP contribution is -2.51. The third-order valence-electron chi connectivity index (χ3n) is 7.26. The second-order valence-electron chi connectivity index (χ2n) is 9.24. The summed E-state index contributed by atoms with van der Waals surface area (Å²) in [6, 6.07) is 6.15. The van der Waals surface area contributed by atoms with Gasteiger partial charge in [-0.1, -0.05) is 20.8 Å². The summed E-state index contributed by atoms with van der Waals surface area (Å²) in [6.45, 7) is 12.5. The first kappa shape index (κ1) is 31.4. The van der Waals surface area contributed by atoms with Crippen molar-refractivity contribution in [2.45, 2.75) is 66.0 Å². The number of pyridine rings is 1. The number of hydrogen-bond donors (Lipinski definition) is 2. The molecule has 0 amide bonds. The molecule has 6 nitrogen and oxygen atoms in total. The highest BCUT2D eigenvalue weighted by Gasteiger charge is 2.27. The molecule has 0 aliphatic carbocycles. The SMILES string of the molecule is CCC(CC)C(=O)C(CC)CCC(Nc1cc(OC)cc2c(C)ccnc12)N1CCNCC1.Cl.Cl. The molecule has 0 spiro atoms.